The average Bonchev–Trinajstić information content (AvgIpc) is 2.77. The van der Waals surface area contributed by atoms with Gasteiger partial charge in [0.15, 0.2) is 0 Å². The standard InChI is InChI=1S/C13H17FN2O3S/c1-9-3-4-10(14)7-12(9)13(17)16-6-5-11(8-16)15-20(2,18)19/h3-4,7,11,15H,5-6,8H2,1-2H3. The van der Waals surface area contributed by atoms with Crippen molar-refractivity contribution in [3.63, 3.8) is 0 Å². The van der Waals surface area contributed by atoms with Gasteiger partial charge >= 0.3 is 0 Å². The molecule has 1 aliphatic rings. The normalized spacial score (nSPS) is 19.4. The van der Waals surface area contributed by atoms with Crippen molar-refractivity contribution in [2.24, 2.45) is 0 Å². The number of amides is 1. The Morgan fingerprint density at radius 3 is 2.80 bits per heavy atom. The monoisotopic (exact) mass is 300 g/mol. The highest BCUT2D eigenvalue weighted by Gasteiger charge is 2.29. The van der Waals surface area contributed by atoms with Gasteiger partial charge in [0.05, 0.1) is 6.26 Å². The molecule has 1 aromatic carbocycles. The molecule has 0 spiro atoms. The first-order chi connectivity index (χ1) is 9.26. The van der Waals surface area contributed by atoms with Crippen LogP contribution in [0.25, 0.3) is 0 Å². The first-order valence-corrected chi connectivity index (χ1v) is 8.18. The average molecular weight is 300 g/mol. The second kappa shape index (κ2) is 5.49. The Bertz CT molecular complexity index is 631. The molecular formula is C13H17FN2O3S. The summed E-state index contributed by atoms with van der Waals surface area (Å²) in [5.74, 6) is -0.719. The molecule has 0 aliphatic carbocycles. The van der Waals surface area contributed by atoms with Crippen LogP contribution < -0.4 is 4.72 Å². The maximum Gasteiger partial charge on any atom is 0.254 e. The van der Waals surface area contributed by atoms with Crippen LogP contribution in [0.4, 0.5) is 4.39 Å². The highest BCUT2D eigenvalue weighted by atomic mass is 32.2. The summed E-state index contributed by atoms with van der Waals surface area (Å²) in [5.41, 5.74) is 1.03. The molecule has 1 unspecified atom stereocenters. The van der Waals surface area contributed by atoms with E-state index in [4.69, 9.17) is 0 Å². The van der Waals surface area contributed by atoms with Crippen LogP contribution in [-0.2, 0) is 10.0 Å². The van der Waals surface area contributed by atoms with Gasteiger partial charge in [0, 0.05) is 24.7 Å². The smallest absolute Gasteiger partial charge is 0.254 e. The maximum atomic E-state index is 13.2. The lowest BCUT2D eigenvalue weighted by molar-refractivity contribution is 0.0789. The van der Waals surface area contributed by atoms with Gasteiger partial charge in [-0.1, -0.05) is 6.07 Å². The fourth-order valence-corrected chi connectivity index (χ4v) is 3.14. The van der Waals surface area contributed by atoms with E-state index in [0.717, 1.165) is 6.26 Å². The molecular weight excluding hydrogens is 283 g/mol. The Kier molecular flexibility index (Phi) is 4.10. The quantitative estimate of drug-likeness (QED) is 0.902. The van der Waals surface area contributed by atoms with Crippen LogP contribution in [0.1, 0.15) is 22.3 Å². The second-order valence-electron chi connectivity index (χ2n) is 5.09. The molecule has 7 heteroatoms. The molecule has 2 rings (SSSR count). The topological polar surface area (TPSA) is 66.5 Å². The Labute approximate surface area is 117 Å². The van der Waals surface area contributed by atoms with Crippen molar-refractivity contribution in [2.45, 2.75) is 19.4 Å². The zero-order chi connectivity index (χ0) is 14.9. The zero-order valence-corrected chi connectivity index (χ0v) is 12.2. The van der Waals surface area contributed by atoms with E-state index < -0.39 is 15.8 Å². The number of carbonyl (C=O) groups excluding carboxylic acids is 1. The number of rotatable bonds is 3. The number of halogens is 1. The van der Waals surface area contributed by atoms with Gasteiger partial charge < -0.3 is 4.90 Å². The predicted octanol–water partition coefficient (Wildman–Crippen LogP) is 0.898. The third-order valence-electron chi connectivity index (χ3n) is 3.29. The minimum absolute atomic E-state index is 0.264. The van der Waals surface area contributed by atoms with Crippen molar-refractivity contribution in [1.82, 2.24) is 9.62 Å². The molecule has 5 nitrogen and oxygen atoms in total. The molecule has 0 aromatic heterocycles. The van der Waals surface area contributed by atoms with Gasteiger partial charge in [0.2, 0.25) is 10.0 Å². The van der Waals surface area contributed by atoms with Crippen molar-refractivity contribution >= 4 is 15.9 Å². The van der Waals surface area contributed by atoms with E-state index in [2.05, 4.69) is 4.72 Å². The molecule has 1 saturated heterocycles. The van der Waals surface area contributed by atoms with Gasteiger partial charge in [-0.15, -0.1) is 0 Å². The molecule has 0 bridgehead atoms. The lowest BCUT2D eigenvalue weighted by Gasteiger charge is -2.18. The molecule has 110 valence electrons. The van der Waals surface area contributed by atoms with Gasteiger partial charge in [-0.05, 0) is 31.0 Å². The molecule has 1 fully saturated rings. The summed E-state index contributed by atoms with van der Waals surface area (Å²) in [6, 6.07) is 3.81. The highest BCUT2D eigenvalue weighted by molar-refractivity contribution is 7.88. The van der Waals surface area contributed by atoms with E-state index in [9.17, 15) is 17.6 Å². The van der Waals surface area contributed by atoms with Crippen LogP contribution in [0.3, 0.4) is 0 Å². The number of aryl methyl sites for hydroxylation is 1. The highest BCUT2D eigenvalue weighted by Crippen LogP contribution is 2.17. The first-order valence-electron chi connectivity index (χ1n) is 6.29. The molecule has 1 aliphatic heterocycles. The summed E-state index contributed by atoms with van der Waals surface area (Å²) in [6.45, 7) is 2.51. The minimum atomic E-state index is -3.28. The van der Waals surface area contributed by atoms with Crippen LogP contribution in [0.2, 0.25) is 0 Å². The van der Waals surface area contributed by atoms with Crippen LogP contribution in [0.15, 0.2) is 18.2 Å². The predicted molar refractivity (Wildman–Crippen MR) is 73.4 cm³/mol. The van der Waals surface area contributed by atoms with E-state index in [1.807, 2.05) is 0 Å². The zero-order valence-electron chi connectivity index (χ0n) is 11.4. The molecule has 0 radical (unpaired) electrons. The number of carbonyl (C=O) groups is 1. The largest absolute Gasteiger partial charge is 0.337 e. The molecule has 1 atom stereocenters. The third-order valence-corrected chi connectivity index (χ3v) is 4.05. The molecule has 1 heterocycles. The van der Waals surface area contributed by atoms with Gasteiger partial charge in [0.25, 0.3) is 5.91 Å². The number of hydrogen-bond donors (Lipinski definition) is 1. The Balaban J connectivity index is 2.10. The SMILES string of the molecule is Cc1ccc(F)cc1C(=O)N1CCC(NS(C)(=O)=O)C1. The summed E-state index contributed by atoms with van der Waals surface area (Å²) in [4.78, 5) is 13.9. The van der Waals surface area contributed by atoms with Crippen molar-refractivity contribution < 1.29 is 17.6 Å². The van der Waals surface area contributed by atoms with E-state index in [0.29, 0.717) is 30.6 Å². The molecule has 1 N–H and O–H groups in total. The van der Waals surface area contributed by atoms with Crippen molar-refractivity contribution in [3.05, 3.63) is 35.1 Å². The number of nitrogens with zero attached hydrogens (tertiary/aromatic N) is 1. The van der Waals surface area contributed by atoms with Gasteiger partial charge in [-0.3, -0.25) is 4.79 Å². The number of sulfonamides is 1. The van der Waals surface area contributed by atoms with E-state index in [1.165, 1.54) is 12.1 Å². The number of nitrogens with one attached hydrogen (secondary N) is 1. The van der Waals surface area contributed by atoms with Crippen LogP contribution in [0, 0.1) is 12.7 Å². The molecule has 0 saturated carbocycles. The summed E-state index contributed by atoms with van der Waals surface area (Å²) < 4.78 is 38.1. The van der Waals surface area contributed by atoms with Gasteiger partial charge in [-0.25, -0.2) is 17.5 Å². The molecule has 20 heavy (non-hydrogen) atoms. The van der Waals surface area contributed by atoms with Crippen molar-refractivity contribution in [2.75, 3.05) is 19.3 Å². The molecule has 1 amide bonds. The summed E-state index contributed by atoms with van der Waals surface area (Å²) >= 11 is 0. The first kappa shape index (κ1) is 14.9. The number of likely N-dealkylation sites (tertiary alicyclic amines) is 1. The Morgan fingerprint density at radius 1 is 1.45 bits per heavy atom. The summed E-state index contributed by atoms with van der Waals surface area (Å²) in [7, 11) is -3.28. The van der Waals surface area contributed by atoms with Crippen molar-refractivity contribution in [1.29, 1.82) is 0 Å². The van der Waals surface area contributed by atoms with Crippen LogP contribution in [0.5, 0.6) is 0 Å². The van der Waals surface area contributed by atoms with E-state index in [-0.39, 0.29) is 11.9 Å². The lowest BCUT2D eigenvalue weighted by atomic mass is 10.1. The van der Waals surface area contributed by atoms with Crippen molar-refractivity contribution in [3.8, 4) is 0 Å². The van der Waals surface area contributed by atoms with Gasteiger partial charge in [0.1, 0.15) is 5.82 Å². The number of benzene rings is 1. The van der Waals surface area contributed by atoms with Gasteiger partial charge in [-0.2, -0.15) is 0 Å². The molecule has 1 aromatic rings. The van der Waals surface area contributed by atoms with Crippen LogP contribution >= 0.6 is 0 Å². The second-order valence-corrected chi connectivity index (χ2v) is 6.87. The van der Waals surface area contributed by atoms with E-state index >= 15 is 0 Å². The Morgan fingerprint density at radius 2 is 2.15 bits per heavy atom. The van der Waals surface area contributed by atoms with E-state index in [1.54, 1.807) is 17.9 Å². The Hall–Kier alpha value is -1.47. The number of hydrogen-bond acceptors (Lipinski definition) is 3. The fourth-order valence-electron chi connectivity index (χ4n) is 2.34. The third kappa shape index (κ3) is 3.55. The van der Waals surface area contributed by atoms with Crippen LogP contribution in [-0.4, -0.2) is 44.6 Å². The maximum absolute atomic E-state index is 13.2. The summed E-state index contributed by atoms with van der Waals surface area (Å²) in [5, 5.41) is 0. The summed E-state index contributed by atoms with van der Waals surface area (Å²) in [6.07, 6.45) is 1.65. The lowest BCUT2D eigenvalue weighted by Crippen LogP contribution is -2.38. The minimum Gasteiger partial charge on any atom is -0.337 e. The fraction of sp³-hybridized carbons (Fsp3) is 0.462.